The van der Waals surface area contributed by atoms with Gasteiger partial charge in [-0.3, -0.25) is 10.1 Å². The third-order valence-electron chi connectivity index (χ3n) is 3.22. The number of aromatic nitrogens is 2. The van der Waals surface area contributed by atoms with Crippen molar-refractivity contribution in [1.29, 1.82) is 0 Å². The predicted octanol–water partition coefficient (Wildman–Crippen LogP) is 3.80. The van der Waals surface area contributed by atoms with Crippen molar-refractivity contribution >= 4 is 46.3 Å². The van der Waals surface area contributed by atoms with Gasteiger partial charge in [-0.25, -0.2) is 4.98 Å². The minimum Gasteiger partial charge on any atom is -0.364 e. The van der Waals surface area contributed by atoms with Crippen LogP contribution in [0.15, 0.2) is 24.4 Å². The topological polar surface area (TPSA) is 96.2 Å². The molecule has 0 saturated heterocycles. The summed E-state index contributed by atoms with van der Waals surface area (Å²) in [6.07, 6.45) is 1.99. The summed E-state index contributed by atoms with van der Waals surface area (Å²) >= 11 is 11.8. The van der Waals surface area contributed by atoms with Gasteiger partial charge < -0.3 is 15.5 Å². The molecule has 2 aromatic rings. The minimum atomic E-state index is -0.517. The van der Waals surface area contributed by atoms with Crippen LogP contribution in [0.4, 0.5) is 23.1 Å². The molecule has 0 amide bonds. The van der Waals surface area contributed by atoms with Gasteiger partial charge in [0.2, 0.25) is 11.8 Å². The number of anilines is 3. The van der Waals surface area contributed by atoms with Gasteiger partial charge in [0.25, 0.3) is 0 Å². The molecule has 1 aromatic heterocycles. The van der Waals surface area contributed by atoms with Crippen molar-refractivity contribution in [2.45, 2.75) is 6.42 Å². The van der Waals surface area contributed by atoms with Crippen molar-refractivity contribution in [3.63, 3.8) is 0 Å². The zero-order chi connectivity index (χ0) is 18.4. The van der Waals surface area contributed by atoms with E-state index in [1.54, 1.807) is 18.2 Å². The molecule has 0 spiro atoms. The highest BCUT2D eigenvalue weighted by Gasteiger charge is 2.17. The minimum absolute atomic E-state index is 0.168. The van der Waals surface area contributed by atoms with Crippen molar-refractivity contribution in [2.75, 3.05) is 37.8 Å². The first kappa shape index (κ1) is 19.2. The largest absolute Gasteiger partial charge is 0.364 e. The van der Waals surface area contributed by atoms with E-state index < -0.39 is 4.92 Å². The summed E-state index contributed by atoms with van der Waals surface area (Å²) in [4.78, 5) is 20.8. The molecule has 2 N–H and O–H groups in total. The van der Waals surface area contributed by atoms with Gasteiger partial charge >= 0.3 is 5.69 Å². The Bertz CT molecular complexity index is 757. The molecule has 10 heteroatoms. The van der Waals surface area contributed by atoms with Gasteiger partial charge in [0.15, 0.2) is 0 Å². The van der Waals surface area contributed by atoms with Crippen LogP contribution in [-0.4, -0.2) is 47.0 Å². The Morgan fingerprint density at radius 3 is 2.68 bits per heavy atom. The average molecular weight is 385 g/mol. The Morgan fingerprint density at radius 2 is 2.04 bits per heavy atom. The number of nitrogens with one attached hydrogen (secondary N) is 2. The first-order valence-electron chi connectivity index (χ1n) is 7.49. The van der Waals surface area contributed by atoms with Gasteiger partial charge in [-0.2, -0.15) is 4.98 Å². The molecular weight excluding hydrogens is 367 g/mol. The summed E-state index contributed by atoms with van der Waals surface area (Å²) in [6.45, 7) is 1.42. The maximum absolute atomic E-state index is 11.1. The normalized spacial score (nSPS) is 10.8. The lowest BCUT2D eigenvalue weighted by Crippen LogP contribution is -2.17. The second-order valence-electron chi connectivity index (χ2n) is 5.52. The number of halogens is 2. The second kappa shape index (κ2) is 8.80. The molecular formula is C15H18Cl2N6O2. The molecule has 1 heterocycles. The summed E-state index contributed by atoms with van der Waals surface area (Å²) in [5, 5.41) is 17.9. The summed E-state index contributed by atoms with van der Waals surface area (Å²) in [7, 11) is 3.93. The maximum Gasteiger partial charge on any atom is 0.329 e. The molecule has 25 heavy (non-hydrogen) atoms. The number of benzene rings is 1. The number of nitro groups is 1. The molecule has 0 unspecified atom stereocenters. The lowest BCUT2D eigenvalue weighted by atomic mass is 10.3. The molecule has 0 bridgehead atoms. The van der Waals surface area contributed by atoms with Crippen LogP contribution in [0.2, 0.25) is 10.0 Å². The van der Waals surface area contributed by atoms with E-state index in [2.05, 4.69) is 20.6 Å². The van der Waals surface area contributed by atoms with Gasteiger partial charge in [-0.1, -0.05) is 23.2 Å². The third-order valence-corrected chi connectivity index (χ3v) is 3.96. The highest BCUT2D eigenvalue weighted by Crippen LogP contribution is 2.27. The van der Waals surface area contributed by atoms with E-state index in [9.17, 15) is 10.1 Å². The fourth-order valence-electron chi connectivity index (χ4n) is 2.00. The van der Waals surface area contributed by atoms with E-state index in [1.165, 1.54) is 6.20 Å². The van der Waals surface area contributed by atoms with Crippen LogP contribution in [0.25, 0.3) is 0 Å². The van der Waals surface area contributed by atoms with Crippen LogP contribution >= 0.6 is 23.2 Å². The van der Waals surface area contributed by atoms with E-state index >= 15 is 0 Å². The van der Waals surface area contributed by atoms with Gasteiger partial charge in [0.1, 0.15) is 6.20 Å². The van der Waals surface area contributed by atoms with Crippen molar-refractivity contribution < 1.29 is 4.92 Å². The summed E-state index contributed by atoms with van der Waals surface area (Å²) in [5.74, 6) is 0.389. The van der Waals surface area contributed by atoms with Crippen LogP contribution in [0.1, 0.15) is 6.42 Å². The van der Waals surface area contributed by atoms with Gasteiger partial charge in [0.05, 0.1) is 15.0 Å². The van der Waals surface area contributed by atoms with Crippen molar-refractivity contribution in [2.24, 2.45) is 0 Å². The first-order chi connectivity index (χ1) is 11.9. The molecule has 0 saturated carbocycles. The standard InChI is InChI=1S/C15H18Cl2N6O2/c1-22(2)7-3-6-18-14-13(23(24)25)9-19-15(21-14)20-10-4-5-11(16)12(17)8-10/h4-5,8-9H,3,6-7H2,1-2H3,(H2,18,19,20,21). The van der Waals surface area contributed by atoms with Crippen molar-refractivity contribution in [1.82, 2.24) is 14.9 Å². The van der Waals surface area contributed by atoms with E-state index in [-0.39, 0.29) is 17.5 Å². The summed E-state index contributed by atoms with van der Waals surface area (Å²) in [5.41, 5.74) is 0.450. The fourth-order valence-corrected chi connectivity index (χ4v) is 2.30. The van der Waals surface area contributed by atoms with Crippen molar-refractivity contribution in [3.8, 4) is 0 Å². The van der Waals surface area contributed by atoms with Crippen molar-refractivity contribution in [3.05, 3.63) is 44.6 Å². The second-order valence-corrected chi connectivity index (χ2v) is 6.34. The molecule has 0 radical (unpaired) electrons. The number of rotatable bonds is 8. The number of nitrogens with zero attached hydrogens (tertiary/aromatic N) is 4. The van der Waals surface area contributed by atoms with E-state index in [1.807, 2.05) is 19.0 Å². The molecule has 0 atom stereocenters. The zero-order valence-electron chi connectivity index (χ0n) is 13.8. The Balaban J connectivity index is 2.14. The Hall–Kier alpha value is -2.16. The molecule has 2 rings (SSSR count). The SMILES string of the molecule is CN(C)CCCNc1nc(Nc2ccc(Cl)c(Cl)c2)ncc1[N+](=O)[O-]. The summed E-state index contributed by atoms with van der Waals surface area (Å²) in [6, 6.07) is 4.97. The lowest BCUT2D eigenvalue weighted by Gasteiger charge is -2.11. The van der Waals surface area contributed by atoms with Crippen LogP contribution in [0.5, 0.6) is 0 Å². The first-order valence-corrected chi connectivity index (χ1v) is 8.24. The molecule has 1 aromatic carbocycles. The average Bonchev–Trinajstić information content (AvgIpc) is 2.55. The maximum atomic E-state index is 11.1. The fraction of sp³-hybridized carbons (Fsp3) is 0.333. The Morgan fingerprint density at radius 1 is 1.28 bits per heavy atom. The van der Waals surface area contributed by atoms with Crippen LogP contribution in [0, 0.1) is 10.1 Å². The van der Waals surface area contributed by atoms with Crippen LogP contribution in [0.3, 0.4) is 0 Å². The molecule has 0 aliphatic carbocycles. The van der Waals surface area contributed by atoms with E-state index in [0.717, 1.165) is 13.0 Å². The third kappa shape index (κ3) is 5.70. The van der Waals surface area contributed by atoms with Gasteiger partial charge in [-0.05, 0) is 45.3 Å². The highest BCUT2D eigenvalue weighted by atomic mass is 35.5. The van der Waals surface area contributed by atoms with Gasteiger partial charge in [0, 0.05) is 12.2 Å². The van der Waals surface area contributed by atoms with Gasteiger partial charge in [-0.15, -0.1) is 0 Å². The summed E-state index contributed by atoms with van der Waals surface area (Å²) < 4.78 is 0. The highest BCUT2D eigenvalue weighted by molar-refractivity contribution is 6.42. The van der Waals surface area contributed by atoms with E-state index in [0.29, 0.717) is 22.3 Å². The predicted molar refractivity (Wildman–Crippen MR) is 100 cm³/mol. The quantitative estimate of drug-likeness (QED) is 0.405. The Labute approximate surface area is 155 Å². The van der Waals surface area contributed by atoms with Crippen LogP contribution in [-0.2, 0) is 0 Å². The molecule has 0 aliphatic heterocycles. The number of hydrogen-bond acceptors (Lipinski definition) is 7. The Kier molecular flexibility index (Phi) is 6.74. The van der Waals surface area contributed by atoms with Crippen LogP contribution < -0.4 is 10.6 Å². The monoisotopic (exact) mass is 384 g/mol. The molecule has 0 aliphatic rings. The number of hydrogen-bond donors (Lipinski definition) is 2. The molecule has 134 valence electrons. The lowest BCUT2D eigenvalue weighted by molar-refractivity contribution is -0.384. The zero-order valence-corrected chi connectivity index (χ0v) is 15.3. The molecule has 8 nitrogen and oxygen atoms in total. The van der Waals surface area contributed by atoms with E-state index in [4.69, 9.17) is 23.2 Å². The smallest absolute Gasteiger partial charge is 0.329 e. The molecule has 0 fully saturated rings.